The van der Waals surface area contributed by atoms with Gasteiger partial charge in [-0.3, -0.25) is 0 Å². The molecular weight excluding hydrogens is 320 g/mol. The van der Waals surface area contributed by atoms with E-state index in [0.717, 1.165) is 15.7 Å². The number of carbonyl (C=O) groups excluding carboxylic acids is 1. The molecule has 5 heteroatoms. The van der Waals surface area contributed by atoms with Gasteiger partial charge in [0.25, 0.3) is 0 Å². The summed E-state index contributed by atoms with van der Waals surface area (Å²) in [6.07, 6.45) is 1.69. The Morgan fingerprint density at radius 2 is 1.95 bits per heavy atom. The highest BCUT2D eigenvalue weighted by Crippen LogP contribution is 2.27. The number of halogens is 1. The minimum absolute atomic E-state index is 0.237. The van der Waals surface area contributed by atoms with Crippen molar-refractivity contribution in [3.63, 3.8) is 0 Å². The Labute approximate surface area is 124 Å². The molecule has 0 atom stereocenters. The molecule has 2 heterocycles. The van der Waals surface area contributed by atoms with Crippen molar-refractivity contribution in [2.75, 3.05) is 11.9 Å². The van der Waals surface area contributed by atoms with Crippen molar-refractivity contribution in [3.05, 3.63) is 64.4 Å². The van der Waals surface area contributed by atoms with E-state index in [1.165, 1.54) is 0 Å². The number of ether oxygens (including phenoxy) is 1. The summed E-state index contributed by atoms with van der Waals surface area (Å²) in [5, 5.41) is 3.15. The van der Waals surface area contributed by atoms with Crippen LogP contribution in [0.25, 0.3) is 5.57 Å². The first-order chi connectivity index (χ1) is 9.74. The molecule has 1 N–H and O–H groups in total. The van der Waals surface area contributed by atoms with E-state index in [1.807, 2.05) is 42.5 Å². The molecular formula is C15H11BrN2O2. The lowest BCUT2D eigenvalue weighted by Gasteiger charge is -2.07. The fourth-order valence-electron chi connectivity index (χ4n) is 2.00. The average Bonchev–Trinajstić information content (AvgIpc) is 2.82. The van der Waals surface area contributed by atoms with Crippen molar-refractivity contribution in [3.8, 4) is 0 Å². The van der Waals surface area contributed by atoms with Crippen LogP contribution in [0, 0.1) is 0 Å². The zero-order valence-corrected chi connectivity index (χ0v) is 12.1. The zero-order valence-electron chi connectivity index (χ0n) is 10.5. The molecule has 0 amide bonds. The standard InChI is InChI=1S/C15H11BrN2O2/c16-11-6-4-10(5-7-11)14-12(9-20-15(14)19)18-13-3-1-2-8-17-13/h1-8H,9H2,(H,17,18). The highest BCUT2D eigenvalue weighted by atomic mass is 79.9. The van der Waals surface area contributed by atoms with E-state index >= 15 is 0 Å². The summed E-state index contributed by atoms with van der Waals surface area (Å²) in [4.78, 5) is 16.1. The van der Waals surface area contributed by atoms with Crippen LogP contribution >= 0.6 is 15.9 Å². The number of cyclic esters (lactones) is 1. The van der Waals surface area contributed by atoms with Crippen molar-refractivity contribution in [2.24, 2.45) is 0 Å². The van der Waals surface area contributed by atoms with E-state index in [4.69, 9.17) is 4.74 Å². The Morgan fingerprint density at radius 3 is 2.65 bits per heavy atom. The molecule has 3 rings (SSSR count). The number of hydrogen-bond donors (Lipinski definition) is 1. The maximum absolute atomic E-state index is 11.9. The van der Waals surface area contributed by atoms with Crippen LogP contribution in [0.3, 0.4) is 0 Å². The number of pyridine rings is 1. The quantitative estimate of drug-likeness (QED) is 0.878. The fourth-order valence-corrected chi connectivity index (χ4v) is 2.27. The van der Waals surface area contributed by atoms with Gasteiger partial charge in [-0.15, -0.1) is 0 Å². The van der Waals surface area contributed by atoms with Gasteiger partial charge in [-0.1, -0.05) is 34.1 Å². The van der Waals surface area contributed by atoms with Crippen LogP contribution in [0.4, 0.5) is 5.82 Å². The minimum atomic E-state index is -0.314. The van der Waals surface area contributed by atoms with Crippen LogP contribution in [0.1, 0.15) is 5.56 Å². The van der Waals surface area contributed by atoms with Crippen LogP contribution in [0.15, 0.2) is 58.8 Å². The van der Waals surface area contributed by atoms with Gasteiger partial charge in [0.15, 0.2) is 0 Å². The maximum atomic E-state index is 11.9. The second-order valence-electron chi connectivity index (χ2n) is 4.28. The van der Waals surface area contributed by atoms with Gasteiger partial charge in [-0.2, -0.15) is 0 Å². The molecule has 0 fully saturated rings. The summed E-state index contributed by atoms with van der Waals surface area (Å²) in [6.45, 7) is 0.237. The minimum Gasteiger partial charge on any atom is -0.456 e. The molecule has 0 radical (unpaired) electrons. The Bertz CT molecular complexity index is 666. The number of rotatable bonds is 3. The number of nitrogens with one attached hydrogen (secondary N) is 1. The fraction of sp³-hybridized carbons (Fsp3) is 0.0667. The van der Waals surface area contributed by atoms with Gasteiger partial charge in [0.1, 0.15) is 12.4 Å². The Morgan fingerprint density at radius 1 is 1.15 bits per heavy atom. The van der Waals surface area contributed by atoms with E-state index in [0.29, 0.717) is 11.4 Å². The van der Waals surface area contributed by atoms with Gasteiger partial charge < -0.3 is 10.1 Å². The van der Waals surface area contributed by atoms with E-state index in [-0.39, 0.29) is 12.6 Å². The Hall–Kier alpha value is -2.14. The predicted molar refractivity (Wildman–Crippen MR) is 79.9 cm³/mol. The van der Waals surface area contributed by atoms with Crippen molar-refractivity contribution >= 4 is 33.3 Å². The maximum Gasteiger partial charge on any atom is 0.341 e. The Balaban J connectivity index is 1.97. The van der Waals surface area contributed by atoms with Crippen LogP contribution in [-0.4, -0.2) is 17.6 Å². The normalized spacial score (nSPS) is 14.3. The molecule has 0 saturated carbocycles. The van der Waals surface area contributed by atoms with Crippen molar-refractivity contribution in [1.29, 1.82) is 0 Å². The first-order valence-electron chi connectivity index (χ1n) is 6.08. The summed E-state index contributed by atoms with van der Waals surface area (Å²) < 4.78 is 6.09. The van der Waals surface area contributed by atoms with Gasteiger partial charge in [-0.25, -0.2) is 9.78 Å². The molecule has 0 unspecified atom stereocenters. The summed E-state index contributed by atoms with van der Waals surface area (Å²) >= 11 is 3.38. The largest absolute Gasteiger partial charge is 0.456 e. The molecule has 0 saturated heterocycles. The van der Waals surface area contributed by atoms with Crippen LogP contribution in [-0.2, 0) is 9.53 Å². The number of benzene rings is 1. The predicted octanol–water partition coefficient (Wildman–Crippen LogP) is 3.22. The third kappa shape index (κ3) is 2.58. The average molecular weight is 331 g/mol. The monoisotopic (exact) mass is 330 g/mol. The SMILES string of the molecule is O=C1OCC(Nc2ccccn2)=C1c1ccc(Br)cc1. The van der Waals surface area contributed by atoms with Crippen LogP contribution in [0.2, 0.25) is 0 Å². The number of esters is 1. The molecule has 1 aliphatic heterocycles. The van der Waals surface area contributed by atoms with Crippen LogP contribution in [0.5, 0.6) is 0 Å². The lowest BCUT2D eigenvalue weighted by Crippen LogP contribution is -2.04. The van der Waals surface area contributed by atoms with Crippen molar-refractivity contribution in [2.45, 2.75) is 0 Å². The number of nitrogens with zero attached hydrogens (tertiary/aromatic N) is 1. The lowest BCUT2D eigenvalue weighted by atomic mass is 10.1. The molecule has 20 heavy (non-hydrogen) atoms. The second kappa shape index (κ2) is 5.46. The number of anilines is 1. The van der Waals surface area contributed by atoms with Crippen LogP contribution < -0.4 is 5.32 Å². The van der Waals surface area contributed by atoms with Crippen molar-refractivity contribution < 1.29 is 9.53 Å². The van der Waals surface area contributed by atoms with Gasteiger partial charge in [0.2, 0.25) is 0 Å². The lowest BCUT2D eigenvalue weighted by molar-refractivity contribution is -0.134. The van der Waals surface area contributed by atoms with Gasteiger partial charge in [-0.05, 0) is 29.8 Å². The zero-order chi connectivity index (χ0) is 13.9. The third-order valence-corrected chi connectivity index (χ3v) is 3.46. The summed E-state index contributed by atoms with van der Waals surface area (Å²) in [5.74, 6) is 0.376. The number of carbonyl (C=O) groups is 1. The molecule has 0 aliphatic carbocycles. The van der Waals surface area contributed by atoms with Gasteiger partial charge in [0, 0.05) is 10.7 Å². The second-order valence-corrected chi connectivity index (χ2v) is 5.19. The first-order valence-corrected chi connectivity index (χ1v) is 6.87. The van der Waals surface area contributed by atoms with E-state index in [1.54, 1.807) is 6.20 Å². The topological polar surface area (TPSA) is 51.2 Å². The highest BCUT2D eigenvalue weighted by molar-refractivity contribution is 9.10. The molecule has 100 valence electrons. The molecule has 0 bridgehead atoms. The molecule has 2 aromatic rings. The summed E-state index contributed by atoms with van der Waals surface area (Å²) in [6, 6.07) is 13.1. The number of aromatic nitrogens is 1. The van der Waals surface area contributed by atoms with Gasteiger partial charge in [0.05, 0.1) is 11.3 Å². The van der Waals surface area contributed by atoms with E-state index in [2.05, 4.69) is 26.2 Å². The van der Waals surface area contributed by atoms with E-state index < -0.39 is 0 Å². The highest BCUT2D eigenvalue weighted by Gasteiger charge is 2.26. The first kappa shape index (κ1) is 12.9. The molecule has 0 spiro atoms. The van der Waals surface area contributed by atoms with Crippen molar-refractivity contribution in [1.82, 2.24) is 4.98 Å². The summed E-state index contributed by atoms with van der Waals surface area (Å²) in [5.41, 5.74) is 2.12. The Kier molecular flexibility index (Phi) is 3.52. The summed E-state index contributed by atoms with van der Waals surface area (Å²) in [7, 11) is 0. The molecule has 1 aromatic carbocycles. The molecule has 1 aromatic heterocycles. The third-order valence-electron chi connectivity index (χ3n) is 2.93. The number of hydrogen-bond acceptors (Lipinski definition) is 4. The molecule has 1 aliphatic rings. The smallest absolute Gasteiger partial charge is 0.341 e. The molecule has 4 nitrogen and oxygen atoms in total. The van der Waals surface area contributed by atoms with E-state index in [9.17, 15) is 4.79 Å². The van der Waals surface area contributed by atoms with Gasteiger partial charge >= 0.3 is 5.97 Å².